The summed E-state index contributed by atoms with van der Waals surface area (Å²) in [5.41, 5.74) is 4.13. The standard InChI is InChI=1S/C16H28N2/c1-6-13(3)12-18(7-2)16-9-8-15(11-17-5)10-14(16)4/h8-10,13,17H,6-7,11-12H2,1-5H3. The molecule has 2 nitrogen and oxygen atoms in total. The molecule has 0 aliphatic rings. The monoisotopic (exact) mass is 248 g/mol. The number of benzene rings is 1. The molecule has 1 unspecified atom stereocenters. The first-order valence-corrected chi connectivity index (χ1v) is 7.11. The predicted molar refractivity (Wildman–Crippen MR) is 81.3 cm³/mol. The molecule has 1 N–H and O–H groups in total. The maximum Gasteiger partial charge on any atom is 0.0396 e. The zero-order valence-corrected chi connectivity index (χ0v) is 12.6. The van der Waals surface area contributed by atoms with Gasteiger partial charge in [-0.2, -0.15) is 0 Å². The van der Waals surface area contributed by atoms with E-state index >= 15 is 0 Å². The van der Waals surface area contributed by atoms with Gasteiger partial charge in [0.1, 0.15) is 0 Å². The molecular weight excluding hydrogens is 220 g/mol. The van der Waals surface area contributed by atoms with Crippen LogP contribution in [0.4, 0.5) is 5.69 Å². The van der Waals surface area contributed by atoms with Gasteiger partial charge in [-0.1, -0.05) is 32.4 Å². The molecule has 0 aromatic heterocycles. The molecule has 102 valence electrons. The summed E-state index contributed by atoms with van der Waals surface area (Å²) >= 11 is 0. The van der Waals surface area contributed by atoms with Crippen molar-refractivity contribution in [1.29, 1.82) is 0 Å². The van der Waals surface area contributed by atoms with Crippen LogP contribution >= 0.6 is 0 Å². The molecule has 1 atom stereocenters. The Bertz CT molecular complexity index is 360. The number of hydrogen-bond donors (Lipinski definition) is 1. The number of anilines is 1. The Kier molecular flexibility index (Phi) is 6.20. The summed E-state index contributed by atoms with van der Waals surface area (Å²) in [5.74, 6) is 0.751. The lowest BCUT2D eigenvalue weighted by Crippen LogP contribution is -2.28. The summed E-state index contributed by atoms with van der Waals surface area (Å²) in [6.45, 7) is 12.2. The summed E-state index contributed by atoms with van der Waals surface area (Å²) < 4.78 is 0. The van der Waals surface area contributed by atoms with Gasteiger partial charge in [0.15, 0.2) is 0 Å². The second-order valence-electron chi connectivity index (χ2n) is 5.20. The van der Waals surface area contributed by atoms with Crippen LogP contribution in [0.3, 0.4) is 0 Å². The number of hydrogen-bond acceptors (Lipinski definition) is 2. The Morgan fingerprint density at radius 1 is 1.28 bits per heavy atom. The maximum absolute atomic E-state index is 3.20. The van der Waals surface area contributed by atoms with Crippen molar-refractivity contribution in [3.8, 4) is 0 Å². The third-order valence-corrected chi connectivity index (χ3v) is 3.59. The van der Waals surface area contributed by atoms with Crippen molar-refractivity contribution in [3.05, 3.63) is 29.3 Å². The highest BCUT2D eigenvalue weighted by molar-refractivity contribution is 5.54. The van der Waals surface area contributed by atoms with Crippen LogP contribution in [0.5, 0.6) is 0 Å². The lowest BCUT2D eigenvalue weighted by Gasteiger charge is -2.28. The van der Waals surface area contributed by atoms with Gasteiger partial charge in [0.2, 0.25) is 0 Å². The minimum absolute atomic E-state index is 0.751. The van der Waals surface area contributed by atoms with Crippen LogP contribution in [0.25, 0.3) is 0 Å². The fourth-order valence-corrected chi connectivity index (χ4v) is 2.29. The second kappa shape index (κ2) is 7.42. The van der Waals surface area contributed by atoms with Gasteiger partial charge in [-0.05, 0) is 44.0 Å². The highest BCUT2D eigenvalue weighted by atomic mass is 15.1. The van der Waals surface area contributed by atoms with Crippen molar-refractivity contribution in [1.82, 2.24) is 5.32 Å². The number of nitrogens with zero attached hydrogens (tertiary/aromatic N) is 1. The van der Waals surface area contributed by atoms with Crippen LogP contribution in [-0.2, 0) is 6.54 Å². The molecule has 0 amide bonds. The molecule has 0 aliphatic heterocycles. The van der Waals surface area contributed by atoms with E-state index in [0.717, 1.165) is 25.6 Å². The van der Waals surface area contributed by atoms with Gasteiger partial charge in [0.05, 0.1) is 0 Å². The van der Waals surface area contributed by atoms with Crippen LogP contribution in [0.2, 0.25) is 0 Å². The first-order valence-electron chi connectivity index (χ1n) is 7.11. The lowest BCUT2D eigenvalue weighted by atomic mass is 10.1. The van der Waals surface area contributed by atoms with E-state index in [1.54, 1.807) is 0 Å². The van der Waals surface area contributed by atoms with Crippen molar-refractivity contribution in [2.24, 2.45) is 5.92 Å². The molecule has 0 heterocycles. The molecular formula is C16H28N2. The highest BCUT2D eigenvalue weighted by Gasteiger charge is 2.10. The van der Waals surface area contributed by atoms with Crippen molar-refractivity contribution in [2.75, 3.05) is 25.0 Å². The van der Waals surface area contributed by atoms with Crippen LogP contribution in [0, 0.1) is 12.8 Å². The molecule has 0 saturated carbocycles. The molecule has 1 aromatic rings. The van der Waals surface area contributed by atoms with Gasteiger partial charge in [0.25, 0.3) is 0 Å². The van der Waals surface area contributed by atoms with E-state index < -0.39 is 0 Å². The summed E-state index contributed by atoms with van der Waals surface area (Å²) in [5, 5.41) is 3.20. The summed E-state index contributed by atoms with van der Waals surface area (Å²) in [6, 6.07) is 6.80. The minimum atomic E-state index is 0.751. The van der Waals surface area contributed by atoms with Gasteiger partial charge in [0, 0.05) is 25.3 Å². The molecule has 18 heavy (non-hydrogen) atoms. The van der Waals surface area contributed by atoms with Gasteiger partial charge >= 0.3 is 0 Å². The van der Waals surface area contributed by atoms with E-state index in [-0.39, 0.29) is 0 Å². The Hall–Kier alpha value is -1.02. The average molecular weight is 248 g/mol. The molecule has 2 heteroatoms. The zero-order valence-electron chi connectivity index (χ0n) is 12.6. The van der Waals surface area contributed by atoms with Crippen LogP contribution in [-0.4, -0.2) is 20.1 Å². The Balaban J connectivity index is 2.85. The number of rotatable bonds is 7. The molecule has 0 fully saturated rings. The van der Waals surface area contributed by atoms with Crippen molar-refractivity contribution < 1.29 is 0 Å². The molecule has 0 radical (unpaired) electrons. The van der Waals surface area contributed by atoms with Gasteiger partial charge in [-0.15, -0.1) is 0 Å². The first kappa shape index (κ1) is 15.0. The predicted octanol–water partition coefficient (Wildman–Crippen LogP) is 3.59. The smallest absolute Gasteiger partial charge is 0.0396 e. The molecule has 1 aromatic carbocycles. The molecule has 0 aliphatic carbocycles. The van der Waals surface area contributed by atoms with Crippen molar-refractivity contribution >= 4 is 5.69 Å². The topological polar surface area (TPSA) is 15.3 Å². The molecule has 0 spiro atoms. The van der Waals surface area contributed by atoms with E-state index in [1.807, 2.05) is 7.05 Å². The average Bonchev–Trinajstić information content (AvgIpc) is 2.37. The van der Waals surface area contributed by atoms with E-state index in [4.69, 9.17) is 0 Å². The minimum Gasteiger partial charge on any atom is -0.371 e. The van der Waals surface area contributed by atoms with Crippen LogP contribution in [0.15, 0.2) is 18.2 Å². The largest absolute Gasteiger partial charge is 0.371 e. The highest BCUT2D eigenvalue weighted by Crippen LogP contribution is 2.22. The Labute approximate surface area is 112 Å². The Morgan fingerprint density at radius 2 is 2.00 bits per heavy atom. The molecule has 1 rings (SSSR count). The van der Waals surface area contributed by atoms with E-state index in [1.165, 1.54) is 23.2 Å². The van der Waals surface area contributed by atoms with Gasteiger partial charge in [-0.25, -0.2) is 0 Å². The third-order valence-electron chi connectivity index (χ3n) is 3.59. The van der Waals surface area contributed by atoms with Gasteiger partial charge < -0.3 is 10.2 Å². The zero-order chi connectivity index (χ0) is 13.5. The Morgan fingerprint density at radius 3 is 2.50 bits per heavy atom. The number of nitrogens with one attached hydrogen (secondary N) is 1. The summed E-state index contributed by atoms with van der Waals surface area (Å²) in [4.78, 5) is 2.49. The van der Waals surface area contributed by atoms with Crippen molar-refractivity contribution in [3.63, 3.8) is 0 Å². The SMILES string of the molecule is CCC(C)CN(CC)c1ccc(CNC)cc1C. The fourth-order valence-electron chi connectivity index (χ4n) is 2.29. The normalized spacial score (nSPS) is 12.5. The lowest BCUT2D eigenvalue weighted by molar-refractivity contribution is 0.547. The first-order chi connectivity index (χ1) is 8.62. The van der Waals surface area contributed by atoms with Crippen molar-refractivity contribution in [2.45, 2.75) is 40.7 Å². The van der Waals surface area contributed by atoms with E-state index in [0.29, 0.717) is 0 Å². The van der Waals surface area contributed by atoms with Gasteiger partial charge in [-0.3, -0.25) is 0 Å². The number of aryl methyl sites for hydroxylation is 1. The third kappa shape index (κ3) is 4.02. The quantitative estimate of drug-likeness (QED) is 0.793. The fraction of sp³-hybridized carbons (Fsp3) is 0.625. The second-order valence-corrected chi connectivity index (χ2v) is 5.20. The maximum atomic E-state index is 3.20. The summed E-state index contributed by atoms with van der Waals surface area (Å²) in [7, 11) is 1.99. The summed E-state index contributed by atoms with van der Waals surface area (Å²) in [6.07, 6.45) is 1.24. The molecule has 0 bridgehead atoms. The van der Waals surface area contributed by atoms with Crippen LogP contribution in [0.1, 0.15) is 38.3 Å². The van der Waals surface area contributed by atoms with E-state index in [9.17, 15) is 0 Å². The molecule has 0 saturated heterocycles. The van der Waals surface area contributed by atoms with E-state index in [2.05, 4.69) is 56.1 Å². The van der Waals surface area contributed by atoms with Crippen LogP contribution < -0.4 is 10.2 Å².